The van der Waals surface area contributed by atoms with Gasteiger partial charge in [0, 0.05) is 11.3 Å². The molecule has 0 unspecified atom stereocenters. The summed E-state index contributed by atoms with van der Waals surface area (Å²) in [5.74, 6) is 0.209. The molecule has 0 aliphatic heterocycles. The summed E-state index contributed by atoms with van der Waals surface area (Å²) < 4.78 is 5.08. The van der Waals surface area contributed by atoms with Crippen LogP contribution < -0.4 is 21.4 Å². The van der Waals surface area contributed by atoms with Gasteiger partial charge in [-0.2, -0.15) is 5.10 Å². The topological polar surface area (TPSA) is 116 Å². The SMILES string of the molecule is COc1cccc(/C=N\NC(=O)Cc2c(C)[nH]c(=O)[nH]c2=O)c1. The summed E-state index contributed by atoms with van der Waals surface area (Å²) in [5.41, 5.74) is 2.44. The predicted molar refractivity (Wildman–Crippen MR) is 84.9 cm³/mol. The predicted octanol–water partition coefficient (Wildman–Crippen LogP) is 0.0730. The Bertz CT molecular complexity index is 851. The molecule has 0 fully saturated rings. The Morgan fingerprint density at radius 1 is 1.35 bits per heavy atom. The van der Waals surface area contributed by atoms with E-state index < -0.39 is 17.2 Å². The van der Waals surface area contributed by atoms with Gasteiger partial charge in [-0.3, -0.25) is 14.6 Å². The molecule has 0 atom stereocenters. The smallest absolute Gasteiger partial charge is 0.325 e. The molecule has 1 aromatic heterocycles. The molecule has 1 heterocycles. The van der Waals surface area contributed by atoms with E-state index in [1.807, 2.05) is 0 Å². The van der Waals surface area contributed by atoms with Crippen molar-refractivity contribution in [2.75, 3.05) is 7.11 Å². The normalized spacial score (nSPS) is 10.7. The number of hydrazone groups is 1. The summed E-state index contributed by atoms with van der Waals surface area (Å²) in [5, 5.41) is 3.83. The molecule has 120 valence electrons. The number of nitrogens with zero attached hydrogens (tertiary/aromatic N) is 1. The van der Waals surface area contributed by atoms with Crippen molar-refractivity contribution < 1.29 is 9.53 Å². The summed E-state index contributed by atoms with van der Waals surface area (Å²) in [7, 11) is 1.56. The third-order valence-corrected chi connectivity index (χ3v) is 3.09. The molecule has 2 rings (SSSR count). The zero-order valence-electron chi connectivity index (χ0n) is 12.7. The number of benzene rings is 1. The molecule has 0 spiro atoms. The van der Waals surface area contributed by atoms with Crippen molar-refractivity contribution in [2.24, 2.45) is 5.10 Å². The number of rotatable bonds is 5. The third-order valence-electron chi connectivity index (χ3n) is 3.09. The Kier molecular flexibility index (Phi) is 5.08. The average molecular weight is 316 g/mol. The lowest BCUT2D eigenvalue weighted by Gasteiger charge is -2.03. The lowest BCUT2D eigenvalue weighted by molar-refractivity contribution is -0.120. The second-order valence-corrected chi connectivity index (χ2v) is 4.76. The minimum atomic E-state index is -0.604. The van der Waals surface area contributed by atoms with Crippen molar-refractivity contribution in [3.8, 4) is 5.75 Å². The van der Waals surface area contributed by atoms with Crippen LogP contribution in [0, 0.1) is 6.92 Å². The van der Waals surface area contributed by atoms with Gasteiger partial charge in [0.2, 0.25) is 5.91 Å². The molecular formula is C15H16N4O4. The Balaban J connectivity index is 2.01. The number of hydrogen-bond acceptors (Lipinski definition) is 5. The van der Waals surface area contributed by atoms with Crippen LogP contribution in [0.1, 0.15) is 16.8 Å². The number of hydrogen-bond donors (Lipinski definition) is 3. The first kappa shape index (κ1) is 16.2. The summed E-state index contributed by atoms with van der Waals surface area (Å²) in [6.45, 7) is 1.55. The summed E-state index contributed by atoms with van der Waals surface area (Å²) in [6.07, 6.45) is 1.28. The molecule has 0 aliphatic rings. The van der Waals surface area contributed by atoms with Crippen molar-refractivity contribution in [2.45, 2.75) is 13.3 Å². The van der Waals surface area contributed by atoms with Crippen molar-refractivity contribution >= 4 is 12.1 Å². The van der Waals surface area contributed by atoms with Gasteiger partial charge < -0.3 is 9.72 Å². The molecule has 3 N–H and O–H groups in total. The molecule has 8 heteroatoms. The Labute approximate surface area is 131 Å². The van der Waals surface area contributed by atoms with Crippen LogP contribution in [0.25, 0.3) is 0 Å². The van der Waals surface area contributed by atoms with Gasteiger partial charge in [-0.05, 0) is 24.6 Å². The monoisotopic (exact) mass is 316 g/mol. The highest BCUT2D eigenvalue weighted by atomic mass is 16.5. The second kappa shape index (κ2) is 7.21. The number of aryl methyl sites for hydroxylation is 1. The standard InChI is InChI=1S/C15H16N4O4/c1-9-12(14(21)18-15(22)17-9)7-13(20)19-16-8-10-4-3-5-11(6-10)23-2/h3-6,8H,7H2,1-2H3,(H,19,20)(H2,17,18,21,22)/b16-8-. The fourth-order valence-corrected chi connectivity index (χ4v) is 1.94. The summed E-state index contributed by atoms with van der Waals surface area (Å²) in [4.78, 5) is 39.1. The van der Waals surface area contributed by atoms with Crippen LogP contribution in [0.5, 0.6) is 5.75 Å². The minimum absolute atomic E-state index is 0.187. The maximum absolute atomic E-state index is 11.8. The van der Waals surface area contributed by atoms with Gasteiger partial charge >= 0.3 is 5.69 Å². The Morgan fingerprint density at radius 3 is 2.83 bits per heavy atom. The van der Waals surface area contributed by atoms with Crippen LogP contribution in [0.2, 0.25) is 0 Å². The lowest BCUT2D eigenvalue weighted by atomic mass is 10.1. The maximum Gasteiger partial charge on any atom is 0.325 e. The number of carbonyl (C=O) groups excluding carboxylic acids is 1. The first-order valence-corrected chi connectivity index (χ1v) is 6.77. The quantitative estimate of drug-likeness (QED) is 0.534. The van der Waals surface area contributed by atoms with E-state index in [9.17, 15) is 14.4 Å². The molecule has 8 nitrogen and oxygen atoms in total. The van der Waals surface area contributed by atoms with E-state index in [1.54, 1.807) is 38.3 Å². The average Bonchev–Trinajstić information content (AvgIpc) is 2.51. The van der Waals surface area contributed by atoms with Gasteiger partial charge in [0.15, 0.2) is 0 Å². The molecule has 1 aromatic carbocycles. The molecule has 0 saturated carbocycles. The van der Waals surface area contributed by atoms with Crippen LogP contribution in [0.4, 0.5) is 0 Å². The van der Waals surface area contributed by atoms with Gasteiger partial charge in [0.1, 0.15) is 5.75 Å². The summed E-state index contributed by atoms with van der Waals surface area (Å²) in [6, 6.07) is 7.15. The molecule has 2 aromatic rings. The van der Waals surface area contributed by atoms with Gasteiger partial charge in [0.25, 0.3) is 5.56 Å². The minimum Gasteiger partial charge on any atom is -0.497 e. The number of amides is 1. The van der Waals surface area contributed by atoms with E-state index in [-0.39, 0.29) is 12.0 Å². The van der Waals surface area contributed by atoms with E-state index in [0.29, 0.717) is 11.4 Å². The highest BCUT2D eigenvalue weighted by molar-refractivity contribution is 5.83. The van der Waals surface area contributed by atoms with E-state index in [0.717, 1.165) is 5.56 Å². The van der Waals surface area contributed by atoms with Crippen LogP contribution >= 0.6 is 0 Å². The molecule has 0 radical (unpaired) electrons. The molecular weight excluding hydrogens is 300 g/mol. The van der Waals surface area contributed by atoms with Crippen LogP contribution in [-0.4, -0.2) is 29.2 Å². The fraction of sp³-hybridized carbons (Fsp3) is 0.200. The second-order valence-electron chi connectivity index (χ2n) is 4.76. The van der Waals surface area contributed by atoms with Crippen molar-refractivity contribution in [1.29, 1.82) is 0 Å². The van der Waals surface area contributed by atoms with E-state index >= 15 is 0 Å². The molecule has 0 aliphatic carbocycles. The van der Waals surface area contributed by atoms with Crippen LogP contribution in [0.15, 0.2) is 39.0 Å². The first-order chi connectivity index (χ1) is 11.0. The van der Waals surface area contributed by atoms with Gasteiger partial charge in [-0.1, -0.05) is 12.1 Å². The zero-order chi connectivity index (χ0) is 16.8. The van der Waals surface area contributed by atoms with E-state index in [4.69, 9.17) is 4.74 Å². The third kappa shape index (κ3) is 4.40. The number of H-pyrrole nitrogens is 2. The van der Waals surface area contributed by atoms with Crippen molar-refractivity contribution in [3.63, 3.8) is 0 Å². The van der Waals surface area contributed by atoms with Crippen LogP contribution in [0.3, 0.4) is 0 Å². The summed E-state index contributed by atoms with van der Waals surface area (Å²) >= 11 is 0. The molecule has 0 saturated heterocycles. The van der Waals surface area contributed by atoms with E-state index in [1.165, 1.54) is 6.21 Å². The zero-order valence-corrected chi connectivity index (χ0v) is 12.7. The number of carbonyl (C=O) groups is 1. The van der Waals surface area contributed by atoms with E-state index in [2.05, 4.69) is 20.5 Å². The number of ether oxygens (including phenoxy) is 1. The lowest BCUT2D eigenvalue weighted by Crippen LogP contribution is -2.30. The number of methoxy groups -OCH3 is 1. The largest absolute Gasteiger partial charge is 0.497 e. The van der Waals surface area contributed by atoms with Gasteiger partial charge in [0.05, 0.1) is 19.7 Å². The highest BCUT2D eigenvalue weighted by Gasteiger charge is 2.10. The van der Waals surface area contributed by atoms with Gasteiger partial charge in [-0.25, -0.2) is 10.2 Å². The Morgan fingerprint density at radius 2 is 2.13 bits per heavy atom. The molecule has 23 heavy (non-hydrogen) atoms. The van der Waals surface area contributed by atoms with Crippen molar-refractivity contribution in [3.05, 3.63) is 61.9 Å². The number of aromatic amines is 2. The van der Waals surface area contributed by atoms with Gasteiger partial charge in [-0.15, -0.1) is 0 Å². The molecule has 1 amide bonds. The fourth-order valence-electron chi connectivity index (χ4n) is 1.94. The first-order valence-electron chi connectivity index (χ1n) is 6.77. The van der Waals surface area contributed by atoms with Crippen LogP contribution in [-0.2, 0) is 11.2 Å². The Hall–Kier alpha value is -3.16. The highest BCUT2D eigenvalue weighted by Crippen LogP contribution is 2.10. The molecule has 0 bridgehead atoms. The number of aromatic nitrogens is 2. The van der Waals surface area contributed by atoms with Crippen molar-refractivity contribution in [1.82, 2.24) is 15.4 Å². The maximum atomic E-state index is 11.8. The number of nitrogens with one attached hydrogen (secondary N) is 3.